The molecule has 0 saturated carbocycles. The number of morpholine rings is 1. The molecule has 1 aliphatic rings. The Hall–Kier alpha value is -1.44. The number of amides is 1. The molecule has 1 aromatic carbocycles. The number of hydrogen-bond donors (Lipinski definition) is 1. The van der Waals surface area contributed by atoms with Crippen molar-refractivity contribution in [1.82, 2.24) is 9.62 Å². The van der Waals surface area contributed by atoms with Crippen LogP contribution in [-0.4, -0.2) is 51.5 Å². The number of aryl methyl sites for hydroxylation is 1. The maximum absolute atomic E-state index is 12.7. The number of sulfonamides is 1. The standard InChI is InChI=1S/C14H20N2O4S/c1-3-15-14(17)12-5-4-11(2)13(10-12)21(18,19)16-6-8-20-9-7-16/h4-5,10H,3,6-9H2,1-2H3,(H,15,17). The van der Waals surface area contributed by atoms with E-state index in [0.717, 1.165) is 0 Å². The second-order valence-electron chi connectivity index (χ2n) is 4.86. The molecule has 1 saturated heterocycles. The summed E-state index contributed by atoms with van der Waals surface area (Å²) in [6, 6.07) is 4.75. The lowest BCUT2D eigenvalue weighted by Crippen LogP contribution is -2.41. The lowest BCUT2D eigenvalue weighted by atomic mass is 10.1. The lowest BCUT2D eigenvalue weighted by Gasteiger charge is -2.26. The van der Waals surface area contributed by atoms with Crippen molar-refractivity contribution in [2.45, 2.75) is 18.7 Å². The van der Waals surface area contributed by atoms with E-state index in [1.165, 1.54) is 10.4 Å². The zero-order chi connectivity index (χ0) is 15.5. The summed E-state index contributed by atoms with van der Waals surface area (Å²) in [6.45, 7) is 5.52. The van der Waals surface area contributed by atoms with Crippen LogP contribution in [0.15, 0.2) is 23.1 Å². The zero-order valence-corrected chi connectivity index (χ0v) is 13.1. The molecular weight excluding hydrogens is 292 g/mol. The molecule has 0 radical (unpaired) electrons. The maximum Gasteiger partial charge on any atom is 0.251 e. The van der Waals surface area contributed by atoms with Gasteiger partial charge >= 0.3 is 0 Å². The summed E-state index contributed by atoms with van der Waals surface area (Å²) in [5.74, 6) is -0.268. The molecule has 7 heteroatoms. The van der Waals surface area contributed by atoms with E-state index in [4.69, 9.17) is 4.74 Å². The molecule has 1 N–H and O–H groups in total. The molecule has 6 nitrogen and oxygen atoms in total. The monoisotopic (exact) mass is 312 g/mol. The van der Waals surface area contributed by atoms with Crippen LogP contribution in [0.2, 0.25) is 0 Å². The number of ether oxygens (including phenoxy) is 1. The van der Waals surface area contributed by atoms with E-state index in [2.05, 4.69) is 5.32 Å². The molecule has 0 aliphatic carbocycles. The highest BCUT2D eigenvalue weighted by molar-refractivity contribution is 7.89. The van der Waals surface area contributed by atoms with E-state index in [1.54, 1.807) is 19.1 Å². The van der Waals surface area contributed by atoms with Crippen LogP contribution in [0.25, 0.3) is 0 Å². The molecule has 116 valence electrons. The molecule has 1 aromatic rings. The Bertz CT molecular complexity index is 622. The average molecular weight is 312 g/mol. The fraction of sp³-hybridized carbons (Fsp3) is 0.500. The van der Waals surface area contributed by atoms with Gasteiger partial charge in [0.15, 0.2) is 0 Å². The molecule has 1 heterocycles. The third-order valence-electron chi connectivity index (χ3n) is 3.38. The van der Waals surface area contributed by atoms with Crippen molar-refractivity contribution in [1.29, 1.82) is 0 Å². The van der Waals surface area contributed by atoms with Gasteiger partial charge in [0.1, 0.15) is 0 Å². The van der Waals surface area contributed by atoms with Crippen molar-refractivity contribution in [2.24, 2.45) is 0 Å². The minimum atomic E-state index is -3.59. The second-order valence-corrected chi connectivity index (χ2v) is 6.76. The number of rotatable bonds is 4. The number of hydrogen-bond acceptors (Lipinski definition) is 4. The molecule has 1 fully saturated rings. The molecule has 0 unspecified atom stereocenters. The number of benzene rings is 1. The van der Waals surface area contributed by atoms with Crippen molar-refractivity contribution < 1.29 is 17.9 Å². The zero-order valence-electron chi connectivity index (χ0n) is 12.3. The molecule has 0 aromatic heterocycles. The number of carbonyl (C=O) groups is 1. The van der Waals surface area contributed by atoms with E-state index >= 15 is 0 Å². The lowest BCUT2D eigenvalue weighted by molar-refractivity contribution is 0.0730. The topological polar surface area (TPSA) is 75.7 Å². The summed E-state index contributed by atoms with van der Waals surface area (Å²) < 4.78 is 31.9. The average Bonchev–Trinajstić information content (AvgIpc) is 2.48. The Kier molecular flexibility index (Phi) is 4.97. The van der Waals surface area contributed by atoms with Crippen LogP contribution in [0.1, 0.15) is 22.8 Å². The molecule has 0 spiro atoms. The summed E-state index contributed by atoms with van der Waals surface area (Å²) in [4.78, 5) is 12.1. The number of nitrogens with one attached hydrogen (secondary N) is 1. The van der Waals surface area contributed by atoms with Gasteiger partial charge in [-0.2, -0.15) is 4.31 Å². The van der Waals surface area contributed by atoms with Gasteiger partial charge in [-0.3, -0.25) is 4.79 Å². The Morgan fingerprint density at radius 1 is 1.33 bits per heavy atom. The fourth-order valence-corrected chi connectivity index (χ4v) is 3.87. The molecule has 0 atom stereocenters. The summed E-state index contributed by atoms with van der Waals surface area (Å²) in [5.41, 5.74) is 0.990. The minimum Gasteiger partial charge on any atom is -0.379 e. The Morgan fingerprint density at radius 3 is 2.62 bits per heavy atom. The van der Waals surface area contributed by atoms with Gasteiger partial charge in [-0.05, 0) is 31.5 Å². The van der Waals surface area contributed by atoms with Gasteiger partial charge in [-0.1, -0.05) is 6.07 Å². The predicted molar refractivity (Wildman–Crippen MR) is 78.8 cm³/mol. The Morgan fingerprint density at radius 2 is 2.00 bits per heavy atom. The van der Waals surface area contributed by atoms with Crippen molar-refractivity contribution in [3.63, 3.8) is 0 Å². The van der Waals surface area contributed by atoms with Crippen LogP contribution in [0, 0.1) is 6.92 Å². The quantitative estimate of drug-likeness (QED) is 0.891. The number of nitrogens with zero attached hydrogens (tertiary/aromatic N) is 1. The van der Waals surface area contributed by atoms with Gasteiger partial charge in [-0.15, -0.1) is 0 Å². The molecular formula is C14H20N2O4S. The highest BCUT2D eigenvalue weighted by atomic mass is 32.2. The smallest absolute Gasteiger partial charge is 0.251 e. The van der Waals surface area contributed by atoms with Crippen molar-refractivity contribution in [2.75, 3.05) is 32.8 Å². The molecule has 1 amide bonds. The van der Waals surface area contributed by atoms with Crippen molar-refractivity contribution in [3.05, 3.63) is 29.3 Å². The van der Waals surface area contributed by atoms with E-state index in [9.17, 15) is 13.2 Å². The summed E-state index contributed by atoms with van der Waals surface area (Å²) in [6.07, 6.45) is 0. The van der Waals surface area contributed by atoms with Gasteiger partial charge in [0.25, 0.3) is 5.91 Å². The van der Waals surface area contributed by atoms with Gasteiger partial charge in [0, 0.05) is 25.2 Å². The van der Waals surface area contributed by atoms with Gasteiger partial charge in [-0.25, -0.2) is 8.42 Å². The number of carbonyl (C=O) groups excluding carboxylic acids is 1. The van der Waals surface area contributed by atoms with Crippen LogP contribution in [-0.2, 0) is 14.8 Å². The van der Waals surface area contributed by atoms with E-state index in [0.29, 0.717) is 44.0 Å². The SMILES string of the molecule is CCNC(=O)c1ccc(C)c(S(=O)(=O)N2CCOCC2)c1. The van der Waals surface area contributed by atoms with Crippen molar-refractivity contribution >= 4 is 15.9 Å². The normalized spacial score (nSPS) is 16.7. The first-order chi connectivity index (χ1) is 9.96. The molecule has 21 heavy (non-hydrogen) atoms. The van der Waals surface area contributed by atoms with Crippen LogP contribution in [0.3, 0.4) is 0 Å². The van der Waals surface area contributed by atoms with Crippen LogP contribution >= 0.6 is 0 Å². The van der Waals surface area contributed by atoms with Gasteiger partial charge in [0.05, 0.1) is 18.1 Å². The predicted octanol–water partition coefficient (Wildman–Crippen LogP) is 0.766. The summed E-state index contributed by atoms with van der Waals surface area (Å²) in [5, 5.41) is 2.67. The Balaban J connectivity index is 2.37. The van der Waals surface area contributed by atoms with Crippen LogP contribution in [0.4, 0.5) is 0 Å². The third-order valence-corrected chi connectivity index (χ3v) is 5.42. The first-order valence-corrected chi connectivity index (χ1v) is 8.37. The van der Waals surface area contributed by atoms with E-state index in [-0.39, 0.29) is 10.8 Å². The summed E-state index contributed by atoms with van der Waals surface area (Å²) >= 11 is 0. The van der Waals surface area contributed by atoms with Crippen LogP contribution < -0.4 is 5.32 Å². The van der Waals surface area contributed by atoms with Gasteiger partial charge < -0.3 is 10.1 Å². The van der Waals surface area contributed by atoms with Crippen molar-refractivity contribution in [3.8, 4) is 0 Å². The largest absolute Gasteiger partial charge is 0.379 e. The second kappa shape index (κ2) is 6.55. The fourth-order valence-electron chi connectivity index (χ4n) is 2.21. The molecule has 1 aliphatic heterocycles. The Labute approximate surface area is 125 Å². The highest BCUT2D eigenvalue weighted by Gasteiger charge is 2.28. The van der Waals surface area contributed by atoms with Gasteiger partial charge in [0.2, 0.25) is 10.0 Å². The van der Waals surface area contributed by atoms with Crippen LogP contribution in [0.5, 0.6) is 0 Å². The molecule has 2 rings (SSSR count). The highest BCUT2D eigenvalue weighted by Crippen LogP contribution is 2.22. The first kappa shape index (κ1) is 15.9. The van der Waals surface area contributed by atoms with E-state index < -0.39 is 10.0 Å². The molecule has 0 bridgehead atoms. The minimum absolute atomic E-state index is 0.188. The summed E-state index contributed by atoms with van der Waals surface area (Å²) in [7, 11) is -3.59. The third kappa shape index (κ3) is 3.42. The van der Waals surface area contributed by atoms with E-state index in [1.807, 2.05) is 6.92 Å². The first-order valence-electron chi connectivity index (χ1n) is 6.93. The maximum atomic E-state index is 12.7.